The molecule has 1 saturated heterocycles. The lowest BCUT2D eigenvalue weighted by Crippen LogP contribution is -2.43. The summed E-state index contributed by atoms with van der Waals surface area (Å²) in [6.45, 7) is 2.23. The molecule has 2 aliphatic heterocycles. The van der Waals surface area contributed by atoms with Crippen molar-refractivity contribution in [2.75, 3.05) is 28.7 Å². The van der Waals surface area contributed by atoms with Gasteiger partial charge in [-0.2, -0.15) is 0 Å². The van der Waals surface area contributed by atoms with Gasteiger partial charge >= 0.3 is 5.97 Å². The van der Waals surface area contributed by atoms with Gasteiger partial charge in [0.15, 0.2) is 6.61 Å². The summed E-state index contributed by atoms with van der Waals surface area (Å²) in [4.78, 5) is 38.8. The molecule has 8 heteroatoms. The average molecular weight is 414 g/mol. The number of rotatable bonds is 4. The zero-order chi connectivity index (χ0) is 20.5. The second-order valence-corrected chi connectivity index (χ2v) is 7.59. The van der Waals surface area contributed by atoms with Crippen LogP contribution in [0.5, 0.6) is 0 Å². The molecule has 0 radical (unpaired) electrons. The first kappa shape index (κ1) is 19.3. The van der Waals surface area contributed by atoms with Crippen molar-refractivity contribution in [3.63, 3.8) is 0 Å². The van der Waals surface area contributed by atoms with Crippen molar-refractivity contribution >= 4 is 46.4 Å². The third kappa shape index (κ3) is 3.91. The molecule has 29 heavy (non-hydrogen) atoms. The van der Waals surface area contributed by atoms with Crippen LogP contribution < -0.4 is 15.5 Å². The molecule has 2 heterocycles. The van der Waals surface area contributed by atoms with Gasteiger partial charge in [0.05, 0.1) is 16.9 Å². The summed E-state index contributed by atoms with van der Waals surface area (Å²) >= 11 is 5.94. The standard InChI is InChI=1S/C21H20ClN3O4/c1-12-4-6-14(22)10-15(12)23-19(26)11-29-21(28)13-5-7-17-16(9-13)24-20(27)18-3-2-8-25(17)18/h4-7,9-10,18H,2-3,8,11H2,1H3,(H,23,26)(H,24,27)/t18-/m1/s1. The zero-order valence-electron chi connectivity index (χ0n) is 15.8. The number of halogens is 1. The molecule has 150 valence electrons. The molecule has 2 aliphatic rings. The Morgan fingerprint density at radius 1 is 1.28 bits per heavy atom. The van der Waals surface area contributed by atoms with Gasteiger partial charge in [-0.3, -0.25) is 9.59 Å². The molecule has 7 nitrogen and oxygen atoms in total. The summed E-state index contributed by atoms with van der Waals surface area (Å²) in [5.74, 6) is -1.16. The predicted octanol–water partition coefficient (Wildman–Crippen LogP) is 3.36. The number of benzene rings is 2. The molecule has 0 aliphatic carbocycles. The van der Waals surface area contributed by atoms with E-state index in [1.807, 2.05) is 6.92 Å². The minimum atomic E-state index is -0.636. The molecule has 2 aromatic rings. The van der Waals surface area contributed by atoms with Crippen LogP contribution in [0.15, 0.2) is 36.4 Å². The Morgan fingerprint density at radius 3 is 2.93 bits per heavy atom. The number of esters is 1. The highest BCUT2D eigenvalue weighted by atomic mass is 35.5. The summed E-state index contributed by atoms with van der Waals surface area (Å²) in [5.41, 5.74) is 3.17. The summed E-state index contributed by atoms with van der Waals surface area (Å²) in [5, 5.41) is 6.03. The monoisotopic (exact) mass is 413 g/mol. The summed E-state index contributed by atoms with van der Waals surface area (Å²) in [7, 11) is 0. The van der Waals surface area contributed by atoms with Crippen molar-refractivity contribution < 1.29 is 19.1 Å². The van der Waals surface area contributed by atoms with Crippen LogP contribution >= 0.6 is 11.6 Å². The Morgan fingerprint density at radius 2 is 2.10 bits per heavy atom. The van der Waals surface area contributed by atoms with Crippen molar-refractivity contribution in [3.05, 3.63) is 52.5 Å². The van der Waals surface area contributed by atoms with Crippen LogP contribution in [0.4, 0.5) is 17.1 Å². The van der Waals surface area contributed by atoms with E-state index in [0.29, 0.717) is 16.4 Å². The number of ether oxygens (including phenoxy) is 1. The van der Waals surface area contributed by atoms with Gasteiger partial charge in [-0.25, -0.2) is 4.79 Å². The summed E-state index contributed by atoms with van der Waals surface area (Å²) < 4.78 is 5.13. The first-order valence-electron chi connectivity index (χ1n) is 9.37. The first-order valence-corrected chi connectivity index (χ1v) is 9.75. The molecule has 4 rings (SSSR count). The van der Waals surface area contributed by atoms with Crippen LogP contribution in [0.2, 0.25) is 5.02 Å². The van der Waals surface area contributed by atoms with Gasteiger partial charge in [-0.15, -0.1) is 0 Å². The lowest BCUT2D eigenvalue weighted by atomic mass is 10.1. The zero-order valence-corrected chi connectivity index (χ0v) is 16.6. The number of aryl methyl sites for hydroxylation is 1. The van der Waals surface area contributed by atoms with Gasteiger partial charge in [0.25, 0.3) is 5.91 Å². The van der Waals surface area contributed by atoms with Crippen LogP contribution in [0.3, 0.4) is 0 Å². The number of hydrogen-bond acceptors (Lipinski definition) is 5. The Balaban J connectivity index is 1.40. The van der Waals surface area contributed by atoms with Gasteiger partial charge in [-0.1, -0.05) is 17.7 Å². The molecule has 0 unspecified atom stereocenters. The number of hydrogen-bond donors (Lipinski definition) is 2. The quantitative estimate of drug-likeness (QED) is 0.750. The lowest BCUT2D eigenvalue weighted by molar-refractivity contribution is -0.119. The molecule has 2 amide bonds. The predicted molar refractivity (Wildman–Crippen MR) is 111 cm³/mol. The number of amides is 2. The van der Waals surface area contributed by atoms with Crippen molar-refractivity contribution in [2.45, 2.75) is 25.8 Å². The van der Waals surface area contributed by atoms with Gasteiger partial charge in [0.2, 0.25) is 5.91 Å². The maximum absolute atomic E-state index is 12.4. The molecule has 0 spiro atoms. The smallest absolute Gasteiger partial charge is 0.338 e. The SMILES string of the molecule is Cc1ccc(Cl)cc1NC(=O)COC(=O)c1ccc2c(c1)NC(=O)[C@H]1CCCN21. The van der Waals surface area contributed by atoms with Crippen LogP contribution in [0.1, 0.15) is 28.8 Å². The Bertz CT molecular complexity index is 1010. The topological polar surface area (TPSA) is 87.7 Å². The molecule has 2 N–H and O–H groups in total. The summed E-state index contributed by atoms with van der Waals surface area (Å²) in [6, 6.07) is 10.0. The third-order valence-electron chi connectivity index (χ3n) is 5.16. The second kappa shape index (κ2) is 7.75. The van der Waals surface area contributed by atoms with Crippen LogP contribution in [-0.2, 0) is 14.3 Å². The molecule has 1 fully saturated rings. The van der Waals surface area contributed by atoms with Crippen molar-refractivity contribution in [3.8, 4) is 0 Å². The van der Waals surface area contributed by atoms with E-state index < -0.39 is 18.5 Å². The number of carbonyl (C=O) groups is 3. The molecular weight excluding hydrogens is 394 g/mol. The number of carbonyl (C=O) groups excluding carboxylic acids is 3. The Labute approximate surface area is 173 Å². The van der Waals surface area contributed by atoms with Crippen LogP contribution in [0.25, 0.3) is 0 Å². The van der Waals surface area contributed by atoms with Gasteiger partial charge < -0.3 is 20.3 Å². The van der Waals surface area contributed by atoms with E-state index in [-0.39, 0.29) is 17.5 Å². The molecule has 0 aromatic heterocycles. The largest absolute Gasteiger partial charge is 0.452 e. The van der Waals surface area contributed by atoms with E-state index >= 15 is 0 Å². The highest BCUT2D eigenvalue weighted by Crippen LogP contribution is 2.37. The molecule has 0 saturated carbocycles. The van der Waals surface area contributed by atoms with Gasteiger partial charge in [0.1, 0.15) is 6.04 Å². The van der Waals surface area contributed by atoms with E-state index in [1.54, 1.807) is 36.4 Å². The Kier molecular flexibility index (Phi) is 5.15. The fraction of sp³-hybridized carbons (Fsp3) is 0.286. The number of nitrogens with zero attached hydrogens (tertiary/aromatic N) is 1. The average Bonchev–Trinajstić information content (AvgIpc) is 3.19. The maximum Gasteiger partial charge on any atom is 0.338 e. The second-order valence-electron chi connectivity index (χ2n) is 7.16. The van der Waals surface area contributed by atoms with Crippen LogP contribution in [0, 0.1) is 6.92 Å². The fourth-order valence-corrected chi connectivity index (χ4v) is 3.86. The van der Waals surface area contributed by atoms with Crippen molar-refractivity contribution in [1.82, 2.24) is 0 Å². The van der Waals surface area contributed by atoms with E-state index in [4.69, 9.17) is 16.3 Å². The lowest BCUT2D eigenvalue weighted by Gasteiger charge is -2.33. The maximum atomic E-state index is 12.4. The normalized spacial score (nSPS) is 17.2. The van der Waals surface area contributed by atoms with E-state index in [0.717, 1.165) is 30.6 Å². The third-order valence-corrected chi connectivity index (χ3v) is 5.40. The van der Waals surface area contributed by atoms with E-state index in [9.17, 15) is 14.4 Å². The molecule has 1 atom stereocenters. The fourth-order valence-electron chi connectivity index (χ4n) is 3.69. The van der Waals surface area contributed by atoms with Gasteiger partial charge in [-0.05, 0) is 55.7 Å². The number of anilines is 3. The molecule has 0 bridgehead atoms. The molecule has 2 aromatic carbocycles. The summed E-state index contributed by atoms with van der Waals surface area (Å²) in [6.07, 6.45) is 1.79. The van der Waals surface area contributed by atoms with Crippen molar-refractivity contribution in [2.24, 2.45) is 0 Å². The van der Waals surface area contributed by atoms with Crippen LogP contribution in [-0.4, -0.2) is 37.0 Å². The Hall–Kier alpha value is -3.06. The minimum Gasteiger partial charge on any atom is -0.452 e. The van der Waals surface area contributed by atoms with E-state index in [1.165, 1.54) is 0 Å². The minimum absolute atomic E-state index is 0.0585. The highest BCUT2D eigenvalue weighted by molar-refractivity contribution is 6.31. The van der Waals surface area contributed by atoms with Crippen molar-refractivity contribution in [1.29, 1.82) is 0 Å². The number of fused-ring (bicyclic) bond motifs is 3. The first-order chi connectivity index (χ1) is 13.9. The number of nitrogens with one attached hydrogen (secondary N) is 2. The molecular formula is C21H20ClN3O4. The van der Waals surface area contributed by atoms with Gasteiger partial charge in [0, 0.05) is 17.3 Å². The van der Waals surface area contributed by atoms with E-state index in [2.05, 4.69) is 15.5 Å². The highest BCUT2D eigenvalue weighted by Gasteiger charge is 2.36.